The number of carboxylic acids is 1. The van der Waals surface area contributed by atoms with Crippen molar-refractivity contribution in [1.29, 1.82) is 0 Å². The van der Waals surface area contributed by atoms with Crippen LogP contribution in [0.1, 0.15) is 35.5 Å². The van der Waals surface area contributed by atoms with Crippen LogP contribution in [0.2, 0.25) is 0 Å². The van der Waals surface area contributed by atoms with Crippen LogP contribution in [0.4, 0.5) is 23.2 Å². The number of aryl methyl sites for hydroxylation is 1. The van der Waals surface area contributed by atoms with Crippen molar-refractivity contribution in [3.05, 3.63) is 54.0 Å². The van der Waals surface area contributed by atoms with Gasteiger partial charge in [0.15, 0.2) is 0 Å². The van der Waals surface area contributed by atoms with Crippen LogP contribution in [0.3, 0.4) is 0 Å². The molecule has 166 valence electrons. The quantitative estimate of drug-likeness (QED) is 0.509. The van der Waals surface area contributed by atoms with Gasteiger partial charge in [-0.15, -0.1) is 5.10 Å². The first-order chi connectivity index (χ1) is 15.5. The largest absolute Gasteiger partial charge is 0.481 e. The van der Waals surface area contributed by atoms with Gasteiger partial charge in [-0.25, -0.2) is 4.98 Å². The molecule has 0 spiro atoms. The van der Waals surface area contributed by atoms with Crippen LogP contribution in [-0.4, -0.2) is 45.3 Å². The number of piperidine rings is 1. The van der Waals surface area contributed by atoms with E-state index in [9.17, 15) is 9.59 Å². The number of nitrogens with one attached hydrogen (secondary N) is 2. The SMILES string of the molecule is Cc1cc(NC(=O)c2nnc(Nc3ccccc3)o2)cnc1N1CCC(CC(=O)O)CC1. The van der Waals surface area contributed by atoms with Crippen LogP contribution in [-0.2, 0) is 4.79 Å². The summed E-state index contributed by atoms with van der Waals surface area (Å²) in [5, 5.41) is 22.3. The molecule has 1 amide bonds. The number of amides is 1. The minimum absolute atomic E-state index is 0.123. The summed E-state index contributed by atoms with van der Waals surface area (Å²) in [4.78, 5) is 30.0. The Hall–Kier alpha value is -3.95. The Labute approximate surface area is 184 Å². The van der Waals surface area contributed by atoms with E-state index in [2.05, 4.69) is 30.7 Å². The Kier molecular flexibility index (Phi) is 6.29. The molecule has 0 bridgehead atoms. The summed E-state index contributed by atoms with van der Waals surface area (Å²) in [5.74, 6) is -0.392. The molecule has 4 rings (SSSR count). The van der Waals surface area contributed by atoms with Gasteiger partial charge >= 0.3 is 23.8 Å². The van der Waals surface area contributed by atoms with Crippen molar-refractivity contribution in [3.8, 4) is 0 Å². The van der Waals surface area contributed by atoms with Gasteiger partial charge in [-0.2, -0.15) is 0 Å². The van der Waals surface area contributed by atoms with Gasteiger partial charge in [0.1, 0.15) is 5.82 Å². The van der Waals surface area contributed by atoms with Crippen molar-refractivity contribution < 1.29 is 19.1 Å². The van der Waals surface area contributed by atoms with Crippen LogP contribution in [0.15, 0.2) is 47.0 Å². The third-order valence-corrected chi connectivity index (χ3v) is 5.33. The summed E-state index contributed by atoms with van der Waals surface area (Å²) in [7, 11) is 0. The van der Waals surface area contributed by atoms with E-state index >= 15 is 0 Å². The summed E-state index contributed by atoms with van der Waals surface area (Å²) >= 11 is 0. The first kappa shape index (κ1) is 21.3. The van der Waals surface area contributed by atoms with Crippen molar-refractivity contribution >= 4 is 35.1 Å². The summed E-state index contributed by atoms with van der Waals surface area (Å²) in [6.45, 7) is 3.45. The molecule has 0 atom stereocenters. The van der Waals surface area contributed by atoms with Crippen molar-refractivity contribution in [2.24, 2.45) is 5.92 Å². The molecule has 32 heavy (non-hydrogen) atoms. The number of aromatic nitrogens is 3. The molecule has 1 aliphatic rings. The Morgan fingerprint density at radius 3 is 2.59 bits per heavy atom. The number of rotatable bonds is 7. The maximum atomic E-state index is 12.5. The Balaban J connectivity index is 1.35. The molecule has 3 heterocycles. The molecule has 0 aliphatic carbocycles. The number of pyridine rings is 1. The molecule has 10 nitrogen and oxygen atoms in total. The lowest BCUT2D eigenvalue weighted by Crippen LogP contribution is -2.35. The molecule has 0 radical (unpaired) electrons. The zero-order valence-corrected chi connectivity index (χ0v) is 17.6. The normalized spacial score (nSPS) is 14.2. The second-order valence-corrected chi connectivity index (χ2v) is 7.75. The zero-order chi connectivity index (χ0) is 22.5. The highest BCUT2D eigenvalue weighted by molar-refractivity contribution is 6.01. The van der Waals surface area contributed by atoms with Gasteiger partial charge in [0.25, 0.3) is 0 Å². The van der Waals surface area contributed by atoms with Crippen molar-refractivity contribution in [2.45, 2.75) is 26.2 Å². The van der Waals surface area contributed by atoms with E-state index in [-0.39, 0.29) is 24.2 Å². The number of nitrogens with zero attached hydrogens (tertiary/aromatic N) is 4. The van der Waals surface area contributed by atoms with Crippen molar-refractivity contribution in [3.63, 3.8) is 0 Å². The molecule has 3 N–H and O–H groups in total. The van der Waals surface area contributed by atoms with Crippen molar-refractivity contribution in [2.75, 3.05) is 28.6 Å². The van der Waals surface area contributed by atoms with E-state index in [1.165, 1.54) is 0 Å². The predicted octanol–water partition coefficient (Wildman–Crippen LogP) is 3.46. The first-order valence-electron chi connectivity index (χ1n) is 10.4. The van der Waals surface area contributed by atoms with Crippen molar-refractivity contribution in [1.82, 2.24) is 15.2 Å². The number of aliphatic carboxylic acids is 1. The summed E-state index contributed by atoms with van der Waals surface area (Å²) in [6.07, 6.45) is 3.44. The van der Waals surface area contributed by atoms with Gasteiger partial charge in [-0.3, -0.25) is 9.59 Å². The maximum absolute atomic E-state index is 12.5. The number of carboxylic acid groups (broad SMARTS) is 1. The van der Waals surface area contributed by atoms with E-state index < -0.39 is 11.9 Å². The van der Waals surface area contributed by atoms with E-state index in [0.29, 0.717) is 5.69 Å². The highest BCUT2D eigenvalue weighted by Crippen LogP contribution is 2.27. The van der Waals surface area contributed by atoms with E-state index in [1.54, 1.807) is 6.20 Å². The fraction of sp³-hybridized carbons (Fsp3) is 0.318. The van der Waals surface area contributed by atoms with Gasteiger partial charge in [-0.05, 0) is 49.4 Å². The topological polar surface area (TPSA) is 133 Å². The van der Waals surface area contributed by atoms with Crippen LogP contribution < -0.4 is 15.5 Å². The second kappa shape index (κ2) is 9.46. The summed E-state index contributed by atoms with van der Waals surface area (Å²) in [5.41, 5.74) is 2.20. The van der Waals surface area contributed by atoms with E-state index in [1.807, 2.05) is 43.3 Å². The van der Waals surface area contributed by atoms with Gasteiger partial charge in [0.2, 0.25) is 0 Å². The van der Waals surface area contributed by atoms with Gasteiger partial charge in [0.05, 0.1) is 11.9 Å². The Bertz CT molecular complexity index is 1090. The monoisotopic (exact) mass is 436 g/mol. The maximum Gasteiger partial charge on any atom is 0.320 e. The summed E-state index contributed by atoms with van der Waals surface area (Å²) < 4.78 is 5.39. The Morgan fingerprint density at radius 2 is 1.91 bits per heavy atom. The molecule has 3 aromatic rings. The first-order valence-corrected chi connectivity index (χ1v) is 10.4. The van der Waals surface area contributed by atoms with Gasteiger partial charge in [-0.1, -0.05) is 23.3 Å². The third kappa shape index (κ3) is 5.20. The third-order valence-electron chi connectivity index (χ3n) is 5.33. The lowest BCUT2D eigenvalue weighted by molar-refractivity contribution is -0.138. The molecule has 1 saturated heterocycles. The lowest BCUT2D eigenvalue weighted by Gasteiger charge is -2.33. The van der Waals surface area contributed by atoms with E-state index in [4.69, 9.17) is 9.52 Å². The fourth-order valence-electron chi connectivity index (χ4n) is 3.76. The summed E-state index contributed by atoms with van der Waals surface area (Å²) in [6, 6.07) is 11.3. The van der Waals surface area contributed by atoms with Gasteiger partial charge in [0, 0.05) is 25.2 Å². The van der Waals surface area contributed by atoms with Gasteiger partial charge < -0.3 is 25.1 Å². The number of carbonyl (C=O) groups is 2. The van der Waals surface area contributed by atoms with Crippen LogP contribution >= 0.6 is 0 Å². The molecule has 10 heteroatoms. The van der Waals surface area contributed by atoms with E-state index in [0.717, 1.165) is 43.0 Å². The second-order valence-electron chi connectivity index (χ2n) is 7.75. The van der Waals surface area contributed by atoms with Crippen LogP contribution in [0.5, 0.6) is 0 Å². The number of hydrogen-bond donors (Lipinski definition) is 3. The molecule has 1 aromatic carbocycles. The Morgan fingerprint density at radius 1 is 1.16 bits per heavy atom. The molecular formula is C22H24N6O4. The molecule has 1 aliphatic heterocycles. The highest BCUT2D eigenvalue weighted by atomic mass is 16.4. The number of benzene rings is 1. The molecule has 1 fully saturated rings. The minimum atomic E-state index is -0.748. The smallest absolute Gasteiger partial charge is 0.320 e. The average Bonchev–Trinajstić information content (AvgIpc) is 3.24. The number of para-hydroxylation sites is 1. The number of hydrogen-bond acceptors (Lipinski definition) is 8. The minimum Gasteiger partial charge on any atom is -0.481 e. The molecule has 0 unspecified atom stereocenters. The fourth-order valence-corrected chi connectivity index (χ4v) is 3.76. The predicted molar refractivity (Wildman–Crippen MR) is 118 cm³/mol. The molecule has 2 aromatic heterocycles. The number of anilines is 4. The average molecular weight is 436 g/mol. The number of carbonyl (C=O) groups excluding carboxylic acids is 1. The molecule has 0 saturated carbocycles. The highest BCUT2D eigenvalue weighted by Gasteiger charge is 2.23. The zero-order valence-electron chi connectivity index (χ0n) is 17.6. The lowest BCUT2D eigenvalue weighted by atomic mass is 9.93. The standard InChI is InChI=1S/C22H24N6O4/c1-14-11-17(13-23-19(14)28-9-7-15(8-10-28)12-18(29)30)24-20(31)21-26-27-22(32-21)25-16-5-3-2-4-6-16/h2-6,11,13,15H,7-10,12H2,1H3,(H,24,31)(H,25,27)(H,29,30). The van der Waals surface area contributed by atoms with Crippen LogP contribution in [0.25, 0.3) is 0 Å². The molecular weight excluding hydrogens is 412 g/mol. The van der Waals surface area contributed by atoms with Crippen LogP contribution in [0, 0.1) is 12.8 Å².